The zero-order chi connectivity index (χ0) is 9.84. The lowest BCUT2D eigenvalue weighted by atomic mass is 10.0. The highest BCUT2D eigenvalue weighted by atomic mass is 16.6. The van der Waals surface area contributed by atoms with Gasteiger partial charge < -0.3 is 5.11 Å². The van der Waals surface area contributed by atoms with Gasteiger partial charge in [-0.25, -0.2) is 0 Å². The summed E-state index contributed by atoms with van der Waals surface area (Å²) in [5.74, 6) is 0. The molecule has 1 N–H and O–H groups in total. The van der Waals surface area contributed by atoms with Gasteiger partial charge in [0, 0.05) is 11.8 Å². The Morgan fingerprint density at radius 3 is 2.38 bits per heavy atom. The fourth-order valence-electron chi connectivity index (χ4n) is 1.04. The number of benzene rings is 1. The third-order valence-corrected chi connectivity index (χ3v) is 1.93. The number of nitro groups is 1. The van der Waals surface area contributed by atoms with Crippen LogP contribution in [0.15, 0.2) is 30.3 Å². The lowest BCUT2D eigenvalue weighted by Crippen LogP contribution is -2.23. The van der Waals surface area contributed by atoms with Crippen LogP contribution in [-0.2, 0) is 0 Å². The first-order chi connectivity index (χ1) is 6.13. The molecular weight excluding hydrogens is 170 g/mol. The van der Waals surface area contributed by atoms with Crippen molar-refractivity contribution in [3.63, 3.8) is 0 Å². The van der Waals surface area contributed by atoms with Gasteiger partial charge in [0.2, 0.25) is 6.04 Å². The molecule has 0 aliphatic carbocycles. The van der Waals surface area contributed by atoms with E-state index in [0.717, 1.165) is 0 Å². The molecule has 0 aliphatic heterocycles. The van der Waals surface area contributed by atoms with Crippen LogP contribution in [0.2, 0.25) is 0 Å². The normalized spacial score (nSPS) is 14.9. The molecule has 1 aromatic carbocycles. The molecule has 2 atom stereocenters. The highest BCUT2D eigenvalue weighted by Crippen LogP contribution is 2.17. The SMILES string of the molecule is C[C@H]([C@H](O)c1ccccc1)[N+](=O)[O-]. The molecule has 0 unspecified atom stereocenters. The molecule has 1 aromatic rings. The van der Waals surface area contributed by atoms with Crippen LogP contribution < -0.4 is 0 Å². The second kappa shape index (κ2) is 4.00. The Morgan fingerprint density at radius 2 is 1.92 bits per heavy atom. The van der Waals surface area contributed by atoms with Crippen LogP contribution in [0.4, 0.5) is 0 Å². The van der Waals surface area contributed by atoms with Gasteiger partial charge in [-0.05, 0) is 5.56 Å². The Kier molecular flexibility index (Phi) is 2.97. The number of hydrogen-bond donors (Lipinski definition) is 1. The van der Waals surface area contributed by atoms with E-state index in [-0.39, 0.29) is 0 Å². The van der Waals surface area contributed by atoms with Crippen LogP contribution in [0.1, 0.15) is 18.6 Å². The molecule has 0 saturated heterocycles. The zero-order valence-electron chi connectivity index (χ0n) is 7.25. The Bertz CT molecular complexity index is 286. The monoisotopic (exact) mass is 181 g/mol. The second-order valence-corrected chi connectivity index (χ2v) is 2.88. The first kappa shape index (κ1) is 9.67. The molecule has 0 fully saturated rings. The maximum atomic E-state index is 10.4. The highest BCUT2D eigenvalue weighted by molar-refractivity contribution is 5.17. The van der Waals surface area contributed by atoms with E-state index in [9.17, 15) is 15.2 Å². The number of rotatable bonds is 3. The first-order valence-corrected chi connectivity index (χ1v) is 3.99. The summed E-state index contributed by atoms with van der Waals surface area (Å²) in [7, 11) is 0. The van der Waals surface area contributed by atoms with Gasteiger partial charge in [-0.2, -0.15) is 0 Å². The molecule has 0 radical (unpaired) electrons. The third-order valence-electron chi connectivity index (χ3n) is 1.93. The summed E-state index contributed by atoms with van der Waals surface area (Å²) >= 11 is 0. The van der Waals surface area contributed by atoms with Crippen LogP contribution in [0.5, 0.6) is 0 Å². The molecule has 1 rings (SSSR count). The van der Waals surface area contributed by atoms with Crippen LogP contribution in [0, 0.1) is 10.1 Å². The van der Waals surface area contributed by atoms with Crippen molar-refractivity contribution >= 4 is 0 Å². The second-order valence-electron chi connectivity index (χ2n) is 2.88. The lowest BCUT2D eigenvalue weighted by Gasteiger charge is -2.11. The predicted octanol–water partition coefficient (Wildman–Crippen LogP) is 1.39. The van der Waals surface area contributed by atoms with E-state index >= 15 is 0 Å². The summed E-state index contributed by atoms with van der Waals surface area (Å²) in [5.41, 5.74) is 0.576. The maximum Gasteiger partial charge on any atom is 0.239 e. The number of aliphatic hydroxyl groups excluding tert-OH is 1. The highest BCUT2D eigenvalue weighted by Gasteiger charge is 2.25. The van der Waals surface area contributed by atoms with E-state index in [1.54, 1.807) is 30.3 Å². The van der Waals surface area contributed by atoms with Gasteiger partial charge in [0.25, 0.3) is 0 Å². The van der Waals surface area contributed by atoms with Gasteiger partial charge in [0.05, 0.1) is 0 Å². The molecule has 0 saturated carbocycles. The minimum atomic E-state index is -1.03. The minimum Gasteiger partial charge on any atom is -0.381 e. The van der Waals surface area contributed by atoms with Crippen molar-refractivity contribution in [3.8, 4) is 0 Å². The molecule has 70 valence electrons. The van der Waals surface area contributed by atoms with Crippen molar-refractivity contribution in [2.75, 3.05) is 0 Å². The van der Waals surface area contributed by atoms with Gasteiger partial charge in [0.1, 0.15) is 6.10 Å². The molecule has 0 aliphatic rings. The fraction of sp³-hybridized carbons (Fsp3) is 0.333. The molecule has 0 amide bonds. The summed E-state index contributed by atoms with van der Waals surface area (Å²) < 4.78 is 0. The summed E-state index contributed by atoms with van der Waals surface area (Å²) in [4.78, 5) is 9.87. The van der Waals surface area contributed by atoms with Crippen LogP contribution >= 0.6 is 0 Å². The smallest absolute Gasteiger partial charge is 0.239 e. The summed E-state index contributed by atoms with van der Waals surface area (Å²) in [5, 5.41) is 19.9. The van der Waals surface area contributed by atoms with Crippen molar-refractivity contribution in [1.29, 1.82) is 0 Å². The third kappa shape index (κ3) is 2.26. The first-order valence-electron chi connectivity index (χ1n) is 3.99. The number of hydrogen-bond acceptors (Lipinski definition) is 3. The topological polar surface area (TPSA) is 63.4 Å². The van der Waals surface area contributed by atoms with Crippen molar-refractivity contribution in [1.82, 2.24) is 0 Å². The molecule has 0 spiro atoms. The van der Waals surface area contributed by atoms with E-state index < -0.39 is 17.1 Å². The molecular formula is C9H11NO3. The van der Waals surface area contributed by atoms with Gasteiger partial charge in [-0.3, -0.25) is 10.1 Å². The van der Waals surface area contributed by atoms with E-state index in [0.29, 0.717) is 5.56 Å². The molecule has 4 heteroatoms. The Balaban J connectivity index is 2.79. The largest absolute Gasteiger partial charge is 0.381 e. The van der Waals surface area contributed by atoms with E-state index in [1.807, 2.05) is 0 Å². The average molecular weight is 181 g/mol. The van der Waals surface area contributed by atoms with E-state index in [4.69, 9.17) is 0 Å². The van der Waals surface area contributed by atoms with Gasteiger partial charge in [0.15, 0.2) is 0 Å². The standard InChI is InChI=1S/C9H11NO3/c1-7(10(12)13)9(11)8-5-3-2-4-6-8/h2-7,9,11H,1H3/t7-,9+/m1/s1. The van der Waals surface area contributed by atoms with Crippen molar-refractivity contribution in [2.45, 2.75) is 19.1 Å². The minimum absolute atomic E-state index is 0.488. The van der Waals surface area contributed by atoms with Crippen molar-refractivity contribution < 1.29 is 10.0 Å². The summed E-state index contributed by atoms with van der Waals surface area (Å²) in [6.07, 6.45) is -1.03. The lowest BCUT2D eigenvalue weighted by molar-refractivity contribution is -0.531. The van der Waals surface area contributed by atoms with Gasteiger partial charge in [-0.15, -0.1) is 0 Å². The van der Waals surface area contributed by atoms with E-state index in [1.165, 1.54) is 6.92 Å². The molecule has 0 bridgehead atoms. The molecule has 4 nitrogen and oxygen atoms in total. The number of aliphatic hydroxyl groups is 1. The quantitative estimate of drug-likeness (QED) is 0.566. The molecule has 0 aromatic heterocycles. The summed E-state index contributed by atoms with van der Waals surface area (Å²) in [6.45, 7) is 1.39. The zero-order valence-corrected chi connectivity index (χ0v) is 7.25. The average Bonchev–Trinajstić information content (AvgIpc) is 2.17. The Morgan fingerprint density at radius 1 is 1.38 bits per heavy atom. The molecule has 13 heavy (non-hydrogen) atoms. The predicted molar refractivity (Wildman–Crippen MR) is 47.9 cm³/mol. The van der Waals surface area contributed by atoms with Crippen molar-refractivity contribution in [2.24, 2.45) is 0 Å². The summed E-state index contributed by atoms with van der Waals surface area (Å²) in [6, 6.07) is 7.65. The van der Waals surface area contributed by atoms with Gasteiger partial charge >= 0.3 is 0 Å². The van der Waals surface area contributed by atoms with Crippen LogP contribution in [0.3, 0.4) is 0 Å². The Hall–Kier alpha value is -1.42. The van der Waals surface area contributed by atoms with E-state index in [2.05, 4.69) is 0 Å². The van der Waals surface area contributed by atoms with Gasteiger partial charge in [-0.1, -0.05) is 30.3 Å². The van der Waals surface area contributed by atoms with Crippen LogP contribution in [-0.4, -0.2) is 16.1 Å². The maximum absolute atomic E-state index is 10.4. The van der Waals surface area contributed by atoms with Crippen LogP contribution in [0.25, 0.3) is 0 Å². The Labute approximate surface area is 76.0 Å². The fourth-order valence-corrected chi connectivity index (χ4v) is 1.04. The van der Waals surface area contributed by atoms with Crippen molar-refractivity contribution in [3.05, 3.63) is 46.0 Å². The molecule has 0 heterocycles. The number of nitrogens with zero attached hydrogens (tertiary/aromatic N) is 1.